The van der Waals surface area contributed by atoms with E-state index in [1.807, 2.05) is 91.0 Å². The lowest BCUT2D eigenvalue weighted by atomic mass is 10.1. The smallest absolute Gasteiger partial charge is 0.339 e. The fourth-order valence-corrected chi connectivity index (χ4v) is 7.21. The topological polar surface area (TPSA) is 96.4 Å². The Bertz CT molecular complexity index is 1770. The van der Waals surface area contributed by atoms with Crippen LogP contribution in [0, 0.1) is 0 Å². The van der Waals surface area contributed by atoms with E-state index in [0.29, 0.717) is 18.8 Å². The zero-order valence-corrected chi connectivity index (χ0v) is 29.8. The van der Waals surface area contributed by atoms with E-state index in [-0.39, 0.29) is 24.8 Å². The van der Waals surface area contributed by atoms with Crippen molar-refractivity contribution in [3.8, 4) is 23.0 Å². The molecule has 0 spiro atoms. The number of carbonyl (C=O) groups is 1. The van der Waals surface area contributed by atoms with E-state index >= 15 is 0 Å². The van der Waals surface area contributed by atoms with Gasteiger partial charge in [-0.2, -0.15) is 0 Å². The molecule has 1 N–H and O–H groups in total. The molecule has 0 bridgehead atoms. The molecule has 4 heterocycles. The van der Waals surface area contributed by atoms with Crippen LogP contribution in [0.25, 0.3) is 0 Å². The number of piperazine rings is 2. The highest BCUT2D eigenvalue weighted by Gasteiger charge is 2.28. The summed E-state index contributed by atoms with van der Waals surface area (Å²) in [5, 5.41) is 9.53. The van der Waals surface area contributed by atoms with Gasteiger partial charge in [0.1, 0.15) is 25.4 Å². The van der Waals surface area contributed by atoms with Gasteiger partial charge in [-0.25, -0.2) is 4.79 Å². The lowest BCUT2D eigenvalue weighted by Crippen LogP contribution is -2.51. The third kappa shape index (κ3) is 8.55. The summed E-state index contributed by atoms with van der Waals surface area (Å²) in [5.41, 5.74) is 3.71. The Morgan fingerprint density at radius 2 is 1.06 bits per heavy atom. The van der Waals surface area contributed by atoms with Gasteiger partial charge in [0.05, 0.1) is 25.0 Å². The van der Waals surface area contributed by atoms with Crippen LogP contribution < -0.4 is 28.7 Å². The molecule has 0 saturated carbocycles. The number of hydrogen-bond acceptors (Lipinski definition) is 11. The van der Waals surface area contributed by atoms with Crippen LogP contribution in [0.1, 0.15) is 15.9 Å². The zero-order chi connectivity index (χ0) is 35.7. The molecule has 0 amide bonds. The minimum absolute atomic E-state index is 0.0359. The van der Waals surface area contributed by atoms with Crippen LogP contribution in [0.5, 0.6) is 23.0 Å². The largest absolute Gasteiger partial charge is 0.486 e. The molecule has 52 heavy (non-hydrogen) atoms. The van der Waals surface area contributed by atoms with Crippen LogP contribution in [0.15, 0.2) is 97.1 Å². The number of esters is 1. The SMILES string of the molecule is COC(=O)c1ccccc1N1CCN(CC2COc3ccccc3O2)CC1.OCc1ccccc1N1CCN(CC2COc3ccccc3O2)CC1. The first-order chi connectivity index (χ1) is 25.6. The first-order valence-electron chi connectivity index (χ1n) is 18.2. The number of fused-ring (bicyclic) bond motifs is 2. The number of ether oxygens (including phenoxy) is 5. The minimum Gasteiger partial charge on any atom is -0.486 e. The third-order valence-electron chi connectivity index (χ3n) is 9.96. The molecule has 4 aliphatic rings. The van der Waals surface area contributed by atoms with Gasteiger partial charge in [0.15, 0.2) is 23.0 Å². The Morgan fingerprint density at radius 3 is 1.58 bits per heavy atom. The lowest BCUT2D eigenvalue weighted by Gasteiger charge is -2.38. The molecule has 4 aliphatic heterocycles. The Morgan fingerprint density at radius 1 is 0.615 bits per heavy atom. The molecule has 0 radical (unpaired) electrons. The summed E-state index contributed by atoms with van der Waals surface area (Å²) in [6.07, 6.45) is 0.111. The number of benzene rings is 4. The standard InChI is InChI=1S/C21H24N2O4.C20H24N2O3/c1-25-21(24)17-6-2-3-7-18(17)23-12-10-22(11-13-23)14-16-15-26-19-8-4-5-9-20(19)27-16;23-14-16-5-1-2-6-18(16)22-11-9-21(10-12-22)13-17-15-24-19-7-3-4-8-20(19)25-17/h2-9,16H,10-15H2,1H3;1-8,17,23H,9-15H2. The Labute approximate surface area is 305 Å². The van der Waals surface area contributed by atoms with Crippen molar-refractivity contribution < 1.29 is 33.6 Å². The molecule has 4 aromatic rings. The molecule has 2 atom stereocenters. The summed E-state index contributed by atoms with van der Waals surface area (Å²) in [7, 11) is 1.42. The van der Waals surface area contributed by atoms with Gasteiger partial charge < -0.3 is 38.6 Å². The summed E-state index contributed by atoms with van der Waals surface area (Å²) < 4.78 is 28.7. The number of aliphatic hydroxyl groups excluding tert-OH is 1. The summed E-state index contributed by atoms with van der Waals surface area (Å²) >= 11 is 0. The van der Waals surface area contributed by atoms with Crippen LogP contribution in [0.4, 0.5) is 11.4 Å². The highest BCUT2D eigenvalue weighted by Crippen LogP contribution is 2.32. The maximum absolute atomic E-state index is 12.0. The van der Waals surface area contributed by atoms with Gasteiger partial charge in [-0.15, -0.1) is 0 Å². The number of para-hydroxylation sites is 6. The van der Waals surface area contributed by atoms with Crippen LogP contribution in [0.2, 0.25) is 0 Å². The first kappa shape index (κ1) is 35.4. The molecule has 11 nitrogen and oxygen atoms in total. The van der Waals surface area contributed by atoms with Gasteiger partial charge in [0.25, 0.3) is 0 Å². The van der Waals surface area contributed by atoms with E-state index < -0.39 is 0 Å². The average Bonchev–Trinajstić information content (AvgIpc) is 3.21. The van der Waals surface area contributed by atoms with E-state index in [1.54, 1.807) is 0 Å². The molecule has 0 aromatic heterocycles. The van der Waals surface area contributed by atoms with Gasteiger partial charge in [-0.05, 0) is 42.5 Å². The normalized spacial score (nSPS) is 20.0. The molecule has 2 fully saturated rings. The number of anilines is 2. The highest BCUT2D eigenvalue weighted by molar-refractivity contribution is 5.95. The molecular formula is C41H48N4O7. The average molecular weight is 709 g/mol. The second-order valence-corrected chi connectivity index (χ2v) is 13.4. The minimum atomic E-state index is -0.292. The quantitative estimate of drug-likeness (QED) is 0.261. The maximum Gasteiger partial charge on any atom is 0.339 e. The van der Waals surface area contributed by atoms with Gasteiger partial charge in [0.2, 0.25) is 0 Å². The first-order valence-corrected chi connectivity index (χ1v) is 18.2. The Kier molecular flexibility index (Phi) is 11.6. The molecule has 2 unspecified atom stereocenters. The molecule has 0 aliphatic carbocycles. The van der Waals surface area contributed by atoms with Gasteiger partial charge in [-0.3, -0.25) is 9.80 Å². The molecule has 4 aromatic carbocycles. The van der Waals surface area contributed by atoms with Crippen molar-refractivity contribution in [3.05, 3.63) is 108 Å². The predicted octanol–water partition coefficient (Wildman–Crippen LogP) is 4.58. The fraction of sp³-hybridized carbons (Fsp3) is 0.390. The Hall–Kier alpha value is -4.97. The van der Waals surface area contributed by atoms with Gasteiger partial charge >= 0.3 is 5.97 Å². The van der Waals surface area contributed by atoms with Crippen molar-refractivity contribution in [2.45, 2.75) is 18.8 Å². The van der Waals surface area contributed by atoms with Crippen molar-refractivity contribution in [3.63, 3.8) is 0 Å². The molecule has 274 valence electrons. The monoisotopic (exact) mass is 708 g/mol. The molecule has 2 saturated heterocycles. The van der Waals surface area contributed by atoms with Crippen LogP contribution in [0.3, 0.4) is 0 Å². The number of aliphatic hydroxyl groups is 1. The third-order valence-corrected chi connectivity index (χ3v) is 9.96. The second kappa shape index (κ2) is 17.0. The summed E-state index contributed by atoms with van der Waals surface area (Å²) in [5.74, 6) is 3.02. The molecule has 11 heteroatoms. The van der Waals surface area contributed by atoms with E-state index in [0.717, 1.165) is 105 Å². The van der Waals surface area contributed by atoms with Crippen molar-refractivity contribution >= 4 is 17.3 Å². The second-order valence-electron chi connectivity index (χ2n) is 13.4. The van der Waals surface area contributed by atoms with Crippen molar-refractivity contribution in [1.82, 2.24) is 9.80 Å². The predicted molar refractivity (Wildman–Crippen MR) is 200 cm³/mol. The van der Waals surface area contributed by atoms with E-state index in [2.05, 4.69) is 25.7 Å². The summed E-state index contributed by atoms with van der Waals surface area (Å²) in [6.45, 7) is 10.4. The summed E-state index contributed by atoms with van der Waals surface area (Å²) in [4.78, 5) is 21.4. The van der Waals surface area contributed by atoms with Crippen LogP contribution >= 0.6 is 0 Å². The number of methoxy groups -OCH3 is 1. The Balaban J connectivity index is 0.000000162. The molecule has 8 rings (SSSR count). The summed E-state index contributed by atoms with van der Waals surface area (Å²) in [6, 6.07) is 31.4. The fourth-order valence-electron chi connectivity index (χ4n) is 7.21. The van der Waals surface area contributed by atoms with Crippen molar-refractivity contribution in [2.75, 3.05) is 95.6 Å². The number of rotatable bonds is 8. The van der Waals surface area contributed by atoms with Crippen LogP contribution in [-0.2, 0) is 11.3 Å². The zero-order valence-electron chi connectivity index (χ0n) is 29.8. The van der Waals surface area contributed by atoms with Crippen molar-refractivity contribution in [1.29, 1.82) is 0 Å². The van der Waals surface area contributed by atoms with E-state index in [9.17, 15) is 9.90 Å². The highest BCUT2D eigenvalue weighted by atomic mass is 16.6. The number of hydrogen-bond donors (Lipinski definition) is 1. The van der Waals surface area contributed by atoms with E-state index in [1.165, 1.54) is 7.11 Å². The lowest BCUT2D eigenvalue weighted by molar-refractivity contribution is 0.0569. The van der Waals surface area contributed by atoms with Crippen molar-refractivity contribution in [2.24, 2.45) is 0 Å². The van der Waals surface area contributed by atoms with Crippen LogP contribution in [-0.4, -0.2) is 119 Å². The van der Waals surface area contributed by atoms with Gasteiger partial charge in [-0.1, -0.05) is 54.6 Å². The van der Waals surface area contributed by atoms with Gasteiger partial charge in [0, 0.05) is 76.7 Å². The number of carbonyl (C=O) groups excluding carboxylic acids is 1. The van der Waals surface area contributed by atoms with E-state index in [4.69, 9.17) is 23.7 Å². The molecular weight excluding hydrogens is 660 g/mol. The maximum atomic E-state index is 12.0. The number of nitrogens with zero attached hydrogens (tertiary/aromatic N) is 4.